The molecule has 0 heterocycles. The van der Waals surface area contributed by atoms with Crippen LogP contribution in [-0.4, -0.2) is 13.2 Å². The van der Waals surface area contributed by atoms with Crippen molar-refractivity contribution in [1.29, 1.82) is 0 Å². The molecule has 0 bridgehead atoms. The Labute approximate surface area is 85.4 Å². The van der Waals surface area contributed by atoms with E-state index in [0.29, 0.717) is 13.2 Å². The molecule has 0 aliphatic rings. The van der Waals surface area contributed by atoms with Gasteiger partial charge < -0.3 is 10.5 Å². The zero-order valence-corrected chi connectivity index (χ0v) is 8.57. The predicted molar refractivity (Wildman–Crippen MR) is 60.3 cm³/mol. The maximum absolute atomic E-state index is 5.49. The van der Waals surface area contributed by atoms with Crippen molar-refractivity contribution in [2.75, 3.05) is 13.2 Å². The lowest BCUT2D eigenvalue weighted by Gasteiger charge is -2.05. The van der Waals surface area contributed by atoms with E-state index in [1.54, 1.807) is 0 Å². The third-order valence-corrected chi connectivity index (χ3v) is 1.85. The van der Waals surface area contributed by atoms with Crippen LogP contribution in [0, 0.1) is 0 Å². The predicted octanol–water partition coefficient (Wildman–Crippen LogP) is 2.45. The van der Waals surface area contributed by atoms with E-state index >= 15 is 0 Å². The van der Waals surface area contributed by atoms with Gasteiger partial charge in [-0.05, 0) is 26.0 Å². The van der Waals surface area contributed by atoms with Crippen molar-refractivity contribution < 1.29 is 4.74 Å². The molecule has 1 aromatic carbocycles. The zero-order valence-electron chi connectivity index (χ0n) is 8.57. The van der Waals surface area contributed by atoms with E-state index in [2.05, 4.69) is 12.2 Å². The minimum atomic E-state index is 0.688. The van der Waals surface area contributed by atoms with Gasteiger partial charge in [0.2, 0.25) is 0 Å². The Balaban J connectivity index is 2.73. The van der Waals surface area contributed by atoms with Gasteiger partial charge in [-0.3, -0.25) is 0 Å². The summed E-state index contributed by atoms with van der Waals surface area (Å²) in [5, 5.41) is 0. The molecule has 0 radical (unpaired) electrons. The van der Waals surface area contributed by atoms with Crippen molar-refractivity contribution in [2.24, 2.45) is 5.73 Å². The van der Waals surface area contributed by atoms with Gasteiger partial charge in [-0.2, -0.15) is 0 Å². The van der Waals surface area contributed by atoms with Crippen molar-refractivity contribution >= 4 is 6.08 Å². The number of hydrogen-bond acceptors (Lipinski definition) is 2. The minimum absolute atomic E-state index is 0.688. The minimum Gasteiger partial charge on any atom is -0.493 e. The zero-order chi connectivity index (χ0) is 10.2. The monoisotopic (exact) mass is 191 g/mol. The summed E-state index contributed by atoms with van der Waals surface area (Å²) in [5.74, 6) is 0.934. The smallest absolute Gasteiger partial charge is 0.126 e. The average Bonchev–Trinajstić information content (AvgIpc) is 2.21. The summed E-state index contributed by atoms with van der Waals surface area (Å²) in [6.45, 7) is 3.37. The van der Waals surface area contributed by atoms with Gasteiger partial charge in [0.25, 0.3) is 0 Å². The summed E-state index contributed by atoms with van der Waals surface area (Å²) in [4.78, 5) is 0. The number of rotatable bonds is 5. The highest BCUT2D eigenvalue weighted by molar-refractivity contribution is 5.57. The Hall–Kier alpha value is -1.28. The average molecular weight is 191 g/mol. The summed E-state index contributed by atoms with van der Waals surface area (Å²) in [5.41, 5.74) is 6.52. The lowest BCUT2D eigenvalue weighted by atomic mass is 10.2. The molecule has 0 spiro atoms. The molecule has 14 heavy (non-hydrogen) atoms. The number of para-hydroxylation sites is 1. The lowest BCUT2D eigenvalue weighted by Crippen LogP contribution is -1.95. The largest absolute Gasteiger partial charge is 0.493 e. The number of hydrogen-bond donors (Lipinski definition) is 1. The standard InChI is InChI=1S/C12H17NO/c1-2-14-12-9-4-3-7-11(12)8-5-6-10-13/h3-5,7-9H,2,6,10,13H2,1H3. The van der Waals surface area contributed by atoms with E-state index in [0.717, 1.165) is 17.7 Å². The molecular weight excluding hydrogens is 174 g/mol. The molecule has 1 rings (SSSR count). The first-order chi connectivity index (χ1) is 6.88. The number of benzene rings is 1. The van der Waals surface area contributed by atoms with E-state index in [1.807, 2.05) is 31.2 Å². The molecule has 2 N–H and O–H groups in total. The second-order valence-corrected chi connectivity index (χ2v) is 2.95. The maximum Gasteiger partial charge on any atom is 0.126 e. The fourth-order valence-electron chi connectivity index (χ4n) is 1.21. The van der Waals surface area contributed by atoms with Crippen molar-refractivity contribution in [3.8, 4) is 5.75 Å². The van der Waals surface area contributed by atoms with Gasteiger partial charge in [0.15, 0.2) is 0 Å². The molecule has 0 atom stereocenters. The Bertz CT molecular complexity index is 294. The highest BCUT2D eigenvalue weighted by Gasteiger charge is 1.96. The Kier molecular flexibility index (Phi) is 4.79. The fourth-order valence-corrected chi connectivity index (χ4v) is 1.21. The first kappa shape index (κ1) is 10.8. The van der Waals surface area contributed by atoms with Gasteiger partial charge in [-0.25, -0.2) is 0 Å². The van der Waals surface area contributed by atoms with Gasteiger partial charge in [-0.1, -0.05) is 30.4 Å². The molecule has 0 saturated heterocycles. The molecule has 0 amide bonds. The Morgan fingerprint density at radius 3 is 2.86 bits per heavy atom. The summed E-state index contributed by atoms with van der Waals surface area (Å²) in [7, 11) is 0. The Morgan fingerprint density at radius 2 is 2.14 bits per heavy atom. The van der Waals surface area contributed by atoms with Crippen LogP contribution in [0.2, 0.25) is 0 Å². The van der Waals surface area contributed by atoms with Crippen molar-refractivity contribution in [3.63, 3.8) is 0 Å². The van der Waals surface area contributed by atoms with Crippen LogP contribution >= 0.6 is 0 Å². The number of nitrogens with two attached hydrogens (primary N) is 1. The highest BCUT2D eigenvalue weighted by atomic mass is 16.5. The molecule has 0 aliphatic heterocycles. The molecular formula is C12H17NO. The van der Waals surface area contributed by atoms with Crippen molar-refractivity contribution in [3.05, 3.63) is 35.9 Å². The first-order valence-corrected chi connectivity index (χ1v) is 4.97. The quantitative estimate of drug-likeness (QED) is 0.775. The van der Waals surface area contributed by atoms with E-state index in [-0.39, 0.29) is 0 Å². The molecule has 0 unspecified atom stereocenters. The van der Waals surface area contributed by atoms with Gasteiger partial charge in [0.1, 0.15) is 5.75 Å². The van der Waals surface area contributed by atoms with Gasteiger partial charge >= 0.3 is 0 Å². The van der Waals surface area contributed by atoms with Crippen LogP contribution in [0.1, 0.15) is 18.9 Å². The SMILES string of the molecule is CCOc1ccccc1C=CCCN. The molecule has 0 fully saturated rings. The van der Waals surface area contributed by atoms with E-state index in [1.165, 1.54) is 0 Å². The van der Waals surface area contributed by atoms with Crippen LogP contribution in [0.4, 0.5) is 0 Å². The molecule has 2 nitrogen and oxygen atoms in total. The first-order valence-electron chi connectivity index (χ1n) is 4.97. The third-order valence-electron chi connectivity index (χ3n) is 1.85. The van der Waals surface area contributed by atoms with Crippen molar-refractivity contribution in [1.82, 2.24) is 0 Å². The van der Waals surface area contributed by atoms with Gasteiger partial charge in [0.05, 0.1) is 6.61 Å². The second-order valence-electron chi connectivity index (χ2n) is 2.95. The maximum atomic E-state index is 5.49. The highest BCUT2D eigenvalue weighted by Crippen LogP contribution is 2.19. The van der Waals surface area contributed by atoms with Crippen LogP contribution in [0.15, 0.2) is 30.3 Å². The van der Waals surface area contributed by atoms with Gasteiger partial charge in [-0.15, -0.1) is 0 Å². The number of ether oxygens (including phenoxy) is 1. The summed E-state index contributed by atoms with van der Waals surface area (Å²) < 4.78 is 5.49. The molecule has 0 aromatic heterocycles. The third kappa shape index (κ3) is 3.23. The van der Waals surface area contributed by atoms with Crippen LogP contribution < -0.4 is 10.5 Å². The molecule has 0 aliphatic carbocycles. The Morgan fingerprint density at radius 1 is 1.36 bits per heavy atom. The summed E-state index contributed by atoms with van der Waals surface area (Å²) in [6, 6.07) is 8.00. The van der Waals surface area contributed by atoms with E-state index in [9.17, 15) is 0 Å². The fraction of sp³-hybridized carbons (Fsp3) is 0.333. The van der Waals surface area contributed by atoms with E-state index < -0.39 is 0 Å². The van der Waals surface area contributed by atoms with E-state index in [4.69, 9.17) is 10.5 Å². The summed E-state index contributed by atoms with van der Waals surface area (Å²) >= 11 is 0. The van der Waals surface area contributed by atoms with Gasteiger partial charge in [0, 0.05) is 5.56 Å². The molecule has 2 heteroatoms. The molecule has 0 saturated carbocycles. The topological polar surface area (TPSA) is 35.2 Å². The normalized spacial score (nSPS) is 10.7. The van der Waals surface area contributed by atoms with Crippen LogP contribution in [-0.2, 0) is 0 Å². The van der Waals surface area contributed by atoms with Crippen LogP contribution in [0.5, 0.6) is 5.75 Å². The van der Waals surface area contributed by atoms with Crippen LogP contribution in [0.3, 0.4) is 0 Å². The lowest BCUT2D eigenvalue weighted by molar-refractivity contribution is 0.339. The summed E-state index contributed by atoms with van der Waals surface area (Å²) in [6.07, 6.45) is 5.02. The second kappa shape index (κ2) is 6.22. The molecule has 76 valence electrons. The molecule has 1 aromatic rings. The van der Waals surface area contributed by atoms with Crippen LogP contribution in [0.25, 0.3) is 6.08 Å². The van der Waals surface area contributed by atoms with Crippen molar-refractivity contribution in [2.45, 2.75) is 13.3 Å².